The SMILES string of the molecule is Cc1cc(N)nn1CCOc1ccc(C2C3=C(CCN2C(=O)Oc2ccc(F)cc2)C2CC(Cl)=CC=C2N3)cc1. The molecule has 1 amide bonds. The molecule has 2 aliphatic heterocycles. The smallest absolute Gasteiger partial charge is 0.416 e. The fourth-order valence-corrected chi connectivity index (χ4v) is 5.79. The van der Waals surface area contributed by atoms with Crippen LogP contribution in [-0.2, 0) is 6.54 Å². The Morgan fingerprint density at radius 3 is 2.62 bits per heavy atom. The van der Waals surface area contributed by atoms with Crippen LogP contribution in [0.25, 0.3) is 0 Å². The molecule has 40 heavy (non-hydrogen) atoms. The third-order valence-corrected chi connectivity index (χ3v) is 7.77. The van der Waals surface area contributed by atoms with Gasteiger partial charge in [-0.3, -0.25) is 9.58 Å². The van der Waals surface area contributed by atoms with Gasteiger partial charge in [0, 0.05) is 40.6 Å². The number of amides is 1. The fourth-order valence-electron chi connectivity index (χ4n) is 5.57. The van der Waals surface area contributed by atoms with E-state index in [0.29, 0.717) is 37.7 Å². The first-order valence-corrected chi connectivity index (χ1v) is 13.6. The quantitative estimate of drug-likeness (QED) is 0.394. The minimum Gasteiger partial charge on any atom is -0.492 e. The van der Waals surface area contributed by atoms with Gasteiger partial charge >= 0.3 is 6.09 Å². The van der Waals surface area contributed by atoms with Crippen LogP contribution in [-0.4, -0.2) is 33.9 Å². The zero-order valence-corrected chi connectivity index (χ0v) is 22.7. The molecule has 0 radical (unpaired) electrons. The summed E-state index contributed by atoms with van der Waals surface area (Å²) in [6, 6.07) is 14.6. The van der Waals surface area contributed by atoms with Crippen molar-refractivity contribution in [2.45, 2.75) is 32.4 Å². The van der Waals surface area contributed by atoms with Crippen molar-refractivity contribution in [3.63, 3.8) is 0 Å². The van der Waals surface area contributed by atoms with Crippen LogP contribution in [0, 0.1) is 18.7 Å². The highest BCUT2D eigenvalue weighted by Gasteiger charge is 2.42. The number of anilines is 1. The van der Waals surface area contributed by atoms with Crippen LogP contribution in [0.2, 0.25) is 0 Å². The van der Waals surface area contributed by atoms with E-state index in [1.165, 1.54) is 29.8 Å². The first kappa shape index (κ1) is 26.0. The Kier molecular flexibility index (Phi) is 6.98. The number of benzene rings is 2. The van der Waals surface area contributed by atoms with Crippen LogP contribution < -0.4 is 20.5 Å². The molecule has 6 rings (SSSR count). The summed E-state index contributed by atoms with van der Waals surface area (Å²) < 4.78 is 26.8. The lowest BCUT2D eigenvalue weighted by Gasteiger charge is -2.36. The van der Waals surface area contributed by atoms with E-state index in [-0.39, 0.29) is 11.7 Å². The van der Waals surface area contributed by atoms with E-state index >= 15 is 0 Å². The first-order chi connectivity index (χ1) is 19.4. The lowest BCUT2D eigenvalue weighted by Crippen LogP contribution is -2.42. The van der Waals surface area contributed by atoms with Gasteiger partial charge in [-0.2, -0.15) is 5.10 Å². The molecule has 10 heteroatoms. The topological polar surface area (TPSA) is 94.6 Å². The molecule has 0 saturated heterocycles. The van der Waals surface area contributed by atoms with Gasteiger partial charge in [-0.15, -0.1) is 0 Å². The molecular weight excluding hydrogens is 533 g/mol. The molecule has 1 aromatic heterocycles. The second-order valence-electron chi connectivity index (χ2n) is 10.1. The number of allylic oxidation sites excluding steroid dienone is 4. The van der Waals surface area contributed by atoms with Crippen LogP contribution in [0.1, 0.15) is 30.1 Å². The van der Waals surface area contributed by atoms with Crippen LogP contribution in [0.3, 0.4) is 0 Å². The highest BCUT2D eigenvalue weighted by Crippen LogP contribution is 2.47. The summed E-state index contributed by atoms with van der Waals surface area (Å²) in [5.41, 5.74) is 11.0. The van der Waals surface area contributed by atoms with Gasteiger partial charge in [-0.1, -0.05) is 23.7 Å². The number of carbonyl (C=O) groups is 1. The van der Waals surface area contributed by atoms with Crippen molar-refractivity contribution in [3.05, 3.63) is 106 Å². The molecule has 3 aliphatic rings. The summed E-state index contributed by atoms with van der Waals surface area (Å²) in [4.78, 5) is 15.1. The van der Waals surface area contributed by atoms with Gasteiger partial charge in [0.15, 0.2) is 0 Å². The Morgan fingerprint density at radius 2 is 1.90 bits per heavy atom. The number of carbonyl (C=O) groups excluding carboxylic acids is 1. The Labute approximate surface area is 236 Å². The average molecular weight is 562 g/mol. The van der Waals surface area contributed by atoms with Crippen LogP contribution in [0.15, 0.2) is 88.7 Å². The van der Waals surface area contributed by atoms with E-state index < -0.39 is 18.0 Å². The molecule has 3 heterocycles. The highest BCUT2D eigenvalue weighted by molar-refractivity contribution is 6.29. The summed E-state index contributed by atoms with van der Waals surface area (Å²) in [6.45, 7) is 3.43. The minimum atomic E-state index is -0.501. The van der Waals surface area contributed by atoms with Crippen molar-refractivity contribution in [1.82, 2.24) is 20.0 Å². The lowest BCUT2D eigenvalue weighted by molar-refractivity contribution is 0.133. The molecule has 0 spiro atoms. The number of fused-ring (bicyclic) bond motifs is 2. The third kappa shape index (κ3) is 5.16. The number of aryl methyl sites for hydroxylation is 1. The molecule has 0 bridgehead atoms. The van der Waals surface area contributed by atoms with Crippen molar-refractivity contribution in [2.24, 2.45) is 5.92 Å². The summed E-state index contributed by atoms with van der Waals surface area (Å²) in [6.07, 6.45) is 4.86. The summed E-state index contributed by atoms with van der Waals surface area (Å²) >= 11 is 6.39. The Bertz CT molecular complexity index is 1530. The Morgan fingerprint density at radius 1 is 1.15 bits per heavy atom. The number of hydrogen-bond acceptors (Lipinski definition) is 6. The number of halogens is 2. The number of nitrogens with one attached hydrogen (secondary N) is 1. The van der Waals surface area contributed by atoms with E-state index in [0.717, 1.165) is 34.1 Å². The van der Waals surface area contributed by atoms with Gasteiger partial charge in [-0.05, 0) is 79.5 Å². The maximum absolute atomic E-state index is 13.4. The number of nitrogens with two attached hydrogens (primary N) is 1. The van der Waals surface area contributed by atoms with E-state index in [4.69, 9.17) is 26.8 Å². The fraction of sp³-hybridized carbons (Fsp3) is 0.267. The molecule has 0 saturated carbocycles. The molecule has 206 valence electrons. The van der Waals surface area contributed by atoms with Gasteiger partial charge in [0.05, 0.1) is 6.54 Å². The van der Waals surface area contributed by atoms with Crippen LogP contribution in [0.5, 0.6) is 11.5 Å². The third-order valence-electron chi connectivity index (χ3n) is 7.49. The van der Waals surface area contributed by atoms with Gasteiger partial charge < -0.3 is 20.5 Å². The van der Waals surface area contributed by atoms with Crippen molar-refractivity contribution in [1.29, 1.82) is 0 Å². The number of nitrogens with zero attached hydrogens (tertiary/aromatic N) is 3. The van der Waals surface area contributed by atoms with Gasteiger partial charge in [-0.25, -0.2) is 9.18 Å². The van der Waals surface area contributed by atoms with Gasteiger partial charge in [0.1, 0.15) is 35.8 Å². The maximum atomic E-state index is 13.4. The van der Waals surface area contributed by atoms with Crippen molar-refractivity contribution >= 4 is 23.5 Å². The largest absolute Gasteiger partial charge is 0.492 e. The molecule has 8 nitrogen and oxygen atoms in total. The average Bonchev–Trinajstić information content (AvgIpc) is 3.47. The molecule has 3 aromatic rings. The summed E-state index contributed by atoms with van der Waals surface area (Å²) in [5, 5.41) is 8.66. The minimum absolute atomic E-state index is 0.174. The highest BCUT2D eigenvalue weighted by atomic mass is 35.5. The van der Waals surface area contributed by atoms with E-state index in [2.05, 4.69) is 10.4 Å². The number of ether oxygens (including phenoxy) is 2. The summed E-state index contributed by atoms with van der Waals surface area (Å²) in [7, 11) is 0. The van der Waals surface area contributed by atoms with Crippen LogP contribution >= 0.6 is 11.6 Å². The predicted molar refractivity (Wildman–Crippen MR) is 150 cm³/mol. The number of aromatic nitrogens is 2. The van der Waals surface area contributed by atoms with Gasteiger partial charge in [0.2, 0.25) is 0 Å². The molecule has 3 N–H and O–H groups in total. The lowest BCUT2D eigenvalue weighted by atomic mass is 9.85. The summed E-state index contributed by atoms with van der Waals surface area (Å²) in [5.74, 6) is 1.26. The predicted octanol–water partition coefficient (Wildman–Crippen LogP) is 5.82. The molecule has 2 unspecified atom stereocenters. The van der Waals surface area contributed by atoms with Crippen molar-refractivity contribution in [2.75, 3.05) is 18.9 Å². The van der Waals surface area contributed by atoms with Crippen LogP contribution in [0.4, 0.5) is 15.0 Å². The number of nitrogen functional groups attached to an aromatic ring is 1. The van der Waals surface area contributed by atoms with Crippen molar-refractivity contribution in [3.8, 4) is 11.5 Å². The normalized spacial score (nSPS) is 19.8. The van der Waals surface area contributed by atoms with E-state index in [1.54, 1.807) is 4.90 Å². The second-order valence-corrected chi connectivity index (χ2v) is 10.6. The first-order valence-electron chi connectivity index (χ1n) is 13.2. The molecule has 2 aromatic carbocycles. The zero-order chi connectivity index (χ0) is 27.8. The number of rotatable bonds is 6. The second kappa shape index (κ2) is 10.7. The molecule has 2 atom stereocenters. The zero-order valence-electron chi connectivity index (χ0n) is 21.9. The number of hydrogen-bond donors (Lipinski definition) is 2. The standard InChI is InChI=1S/C30H29ClFN5O3/c1-18-16-27(33)35-37(18)14-15-39-22-7-2-19(3-8-22)29-28-24(25-17-20(31)4-11-26(25)34-28)12-13-36(29)30(38)40-23-9-5-21(32)6-10-23/h2-11,16,25,29,34H,12-15,17H2,1H3,(H2,33,35). The van der Waals surface area contributed by atoms with E-state index in [9.17, 15) is 9.18 Å². The Balaban J connectivity index is 1.24. The van der Waals surface area contributed by atoms with Crippen molar-refractivity contribution < 1.29 is 18.7 Å². The molecule has 1 aliphatic carbocycles. The monoisotopic (exact) mass is 561 g/mol. The van der Waals surface area contributed by atoms with E-state index in [1.807, 2.05) is 54.1 Å². The maximum Gasteiger partial charge on any atom is 0.416 e. The molecular formula is C30H29ClFN5O3. The Hall–Kier alpha value is -4.24. The van der Waals surface area contributed by atoms with Gasteiger partial charge in [0.25, 0.3) is 0 Å². The molecule has 0 fully saturated rings.